The molecule has 0 radical (unpaired) electrons. The summed E-state index contributed by atoms with van der Waals surface area (Å²) in [6.45, 7) is 0.884. The molecule has 0 saturated carbocycles. The minimum Gasteiger partial charge on any atom is -0.497 e. The van der Waals surface area contributed by atoms with E-state index in [0.29, 0.717) is 25.3 Å². The number of rotatable bonds is 7. The highest BCUT2D eigenvalue weighted by Gasteiger charge is 2.35. The zero-order valence-electron chi connectivity index (χ0n) is 15.6. The van der Waals surface area contributed by atoms with Gasteiger partial charge in [0, 0.05) is 31.3 Å². The SMILES string of the molecule is COc1cccc(N2CC(C(=O)NCCc3ccccc3OC)CC2=O)c1. The molecule has 0 spiro atoms. The average molecular weight is 368 g/mol. The number of para-hydroxylation sites is 1. The minimum atomic E-state index is -0.346. The van der Waals surface area contributed by atoms with Gasteiger partial charge in [-0.1, -0.05) is 24.3 Å². The van der Waals surface area contributed by atoms with Crippen molar-refractivity contribution in [2.24, 2.45) is 5.92 Å². The molecular weight excluding hydrogens is 344 g/mol. The van der Waals surface area contributed by atoms with Gasteiger partial charge in [0.1, 0.15) is 11.5 Å². The van der Waals surface area contributed by atoms with Crippen LogP contribution in [0.3, 0.4) is 0 Å². The standard InChI is InChI=1S/C21H24N2O4/c1-26-18-8-5-7-17(13-18)23-14-16(12-20(23)24)21(25)22-11-10-15-6-3-4-9-19(15)27-2/h3-9,13,16H,10-12,14H2,1-2H3,(H,22,25). The van der Waals surface area contributed by atoms with Crippen LogP contribution in [-0.4, -0.2) is 39.1 Å². The van der Waals surface area contributed by atoms with Crippen molar-refractivity contribution in [1.29, 1.82) is 0 Å². The Morgan fingerprint density at radius 1 is 1.15 bits per heavy atom. The summed E-state index contributed by atoms with van der Waals surface area (Å²) in [4.78, 5) is 26.5. The van der Waals surface area contributed by atoms with Crippen LogP contribution < -0.4 is 19.7 Å². The smallest absolute Gasteiger partial charge is 0.227 e. The van der Waals surface area contributed by atoms with Crippen LogP contribution in [0.15, 0.2) is 48.5 Å². The second kappa shape index (κ2) is 8.58. The maximum absolute atomic E-state index is 12.5. The highest BCUT2D eigenvalue weighted by Crippen LogP contribution is 2.28. The van der Waals surface area contributed by atoms with Crippen molar-refractivity contribution < 1.29 is 19.1 Å². The van der Waals surface area contributed by atoms with Gasteiger partial charge in [-0.3, -0.25) is 9.59 Å². The van der Waals surface area contributed by atoms with Crippen LogP contribution in [0, 0.1) is 5.92 Å². The first-order valence-corrected chi connectivity index (χ1v) is 8.96. The van der Waals surface area contributed by atoms with Gasteiger partial charge in [0.15, 0.2) is 0 Å². The maximum atomic E-state index is 12.5. The molecule has 1 aliphatic rings. The quantitative estimate of drug-likeness (QED) is 0.815. The van der Waals surface area contributed by atoms with Gasteiger partial charge in [0.2, 0.25) is 11.8 Å². The number of anilines is 1. The van der Waals surface area contributed by atoms with Gasteiger partial charge in [-0.15, -0.1) is 0 Å². The minimum absolute atomic E-state index is 0.0480. The summed E-state index contributed by atoms with van der Waals surface area (Å²) in [5.74, 6) is 1.01. The first-order chi connectivity index (χ1) is 13.1. The molecule has 6 nitrogen and oxygen atoms in total. The Kier molecular flexibility index (Phi) is 5.96. The van der Waals surface area contributed by atoms with Crippen molar-refractivity contribution in [3.63, 3.8) is 0 Å². The number of ether oxygens (including phenoxy) is 2. The van der Waals surface area contributed by atoms with Gasteiger partial charge < -0.3 is 19.7 Å². The molecule has 1 fully saturated rings. The summed E-state index contributed by atoms with van der Waals surface area (Å²) in [5, 5.41) is 2.94. The number of carbonyl (C=O) groups is 2. The zero-order chi connectivity index (χ0) is 19.2. The fraction of sp³-hybridized carbons (Fsp3) is 0.333. The molecule has 3 rings (SSSR count). The molecule has 2 aromatic carbocycles. The Labute approximate surface area is 159 Å². The van der Waals surface area contributed by atoms with Gasteiger partial charge in [-0.05, 0) is 30.2 Å². The van der Waals surface area contributed by atoms with Crippen LogP contribution in [0.25, 0.3) is 0 Å². The van der Waals surface area contributed by atoms with Gasteiger partial charge in [-0.25, -0.2) is 0 Å². The molecule has 1 aliphatic heterocycles. The van der Waals surface area contributed by atoms with Crippen LogP contribution in [0.2, 0.25) is 0 Å². The van der Waals surface area contributed by atoms with Crippen molar-refractivity contribution in [2.75, 3.05) is 32.2 Å². The molecule has 1 N–H and O–H groups in total. The molecule has 1 saturated heterocycles. The lowest BCUT2D eigenvalue weighted by Crippen LogP contribution is -2.34. The summed E-state index contributed by atoms with van der Waals surface area (Å²) in [6.07, 6.45) is 0.897. The lowest BCUT2D eigenvalue weighted by molar-refractivity contribution is -0.126. The molecule has 1 heterocycles. The first-order valence-electron chi connectivity index (χ1n) is 8.96. The van der Waals surface area contributed by atoms with Crippen LogP contribution in [0.1, 0.15) is 12.0 Å². The normalized spacial score (nSPS) is 16.3. The molecule has 142 valence electrons. The zero-order valence-corrected chi connectivity index (χ0v) is 15.6. The van der Waals surface area contributed by atoms with Crippen molar-refractivity contribution in [2.45, 2.75) is 12.8 Å². The van der Waals surface area contributed by atoms with E-state index >= 15 is 0 Å². The van der Waals surface area contributed by atoms with Gasteiger partial charge >= 0.3 is 0 Å². The third kappa shape index (κ3) is 4.39. The van der Waals surface area contributed by atoms with Gasteiger partial charge in [0.05, 0.1) is 20.1 Å². The van der Waals surface area contributed by atoms with Crippen LogP contribution in [0.5, 0.6) is 11.5 Å². The Balaban J connectivity index is 1.56. The van der Waals surface area contributed by atoms with Crippen LogP contribution in [-0.2, 0) is 16.0 Å². The number of hydrogen-bond acceptors (Lipinski definition) is 4. The second-order valence-electron chi connectivity index (χ2n) is 6.46. The molecule has 1 atom stereocenters. The molecular formula is C21H24N2O4. The van der Waals surface area contributed by atoms with Crippen molar-refractivity contribution in [1.82, 2.24) is 5.32 Å². The highest BCUT2D eigenvalue weighted by molar-refractivity contribution is 6.00. The maximum Gasteiger partial charge on any atom is 0.227 e. The van der Waals surface area contributed by atoms with Crippen LogP contribution in [0.4, 0.5) is 5.69 Å². The van der Waals surface area contributed by atoms with Crippen molar-refractivity contribution in [3.05, 3.63) is 54.1 Å². The number of benzene rings is 2. The number of nitrogens with zero attached hydrogens (tertiary/aromatic N) is 1. The first kappa shape index (κ1) is 18.8. The van der Waals surface area contributed by atoms with E-state index < -0.39 is 0 Å². The molecule has 1 unspecified atom stereocenters. The summed E-state index contributed by atoms with van der Waals surface area (Å²) in [7, 11) is 3.22. The molecule has 27 heavy (non-hydrogen) atoms. The number of amides is 2. The molecule has 0 aliphatic carbocycles. The lowest BCUT2D eigenvalue weighted by Gasteiger charge is -2.17. The van der Waals surface area contributed by atoms with E-state index in [0.717, 1.165) is 17.0 Å². The van der Waals surface area contributed by atoms with E-state index in [1.807, 2.05) is 42.5 Å². The van der Waals surface area contributed by atoms with Crippen molar-refractivity contribution in [3.8, 4) is 11.5 Å². The Morgan fingerprint density at radius 3 is 2.74 bits per heavy atom. The van der Waals surface area contributed by atoms with E-state index in [1.54, 1.807) is 25.2 Å². The van der Waals surface area contributed by atoms with E-state index in [-0.39, 0.29) is 24.2 Å². The van der Waals surface area contributed by atoms with E-state index in [4.69, 9.17) is 9.47 Å². The molecule has 2 amide bonds. The largest absolute Gasteiger partial charge is 0.497 e. The number of nitrogens with one attached hydrogen (secondary N) is 1. The fourth-order valence-electron chi connectivity index (χ4n) is 3.29. The highest BCUT2D eigenvalue weighted by atomic mass is 16.5. The van der Waals surface area contributed by atoms with Crippen LogP contribution >= 0.6 is 0 Å². The number of hydrogen-bond donors (Lipinski definition) is 1. The van der Waals surface area contributed by atoms with Gasteiger partial charge in [0.25, 0.3) is 0 Å². The van der Waals surface area contributed by atoms with E-state index in [9.17, 15) is 9.59 Å². The number of carbonyl (C=O) groups excluding carboxylic acids is 2. The molecule has 0 aromatic heterocycles. The number of methoxy groups -OCH3 is 2. The molecule has 2 aromatic rings. The lowest BCUT2D eigenvalue weighted by atomic mass is 10.1. The average Bonchev–Trinajstić information content (AvgIpc) is 3.10. The summed E-state index contributed by atoms with van der Waals surface area (Å²) >= 11 is 0. The van der Waals surface area contributed by atoms with E-state index in [2.05, 4.69) is 5.32 Å². The fourth-order valence-corrected chi connectivity index (χ4v) is 3.29. The topological polar surface area (TPSA) is 67.9 Å². The third-order valence-corrected chi connectivity index (χ3v) is 4.75. The Morgan fingerprint density at radius 2 is 1.96 bits per heavy atom. The predicted molar refractivity (Wildman–Crippen MR) is 103 cm³/mol. The monoisotopic (exact) mass is 368 g/mol. The molecule has 6 heteroatoms. The van der Waals surface area contributed by atoms with E-state index in [1.165, 1.54) is 0 Å². The Hall–Kier alpha value is -3.02. The summed E-state index contributed by atoms with van der Waals surface area (Å²) < 4.78 is 10.5. The summed E-state index contributed by atoms with van der Waals surface area (Å²) in [5.41, 5.74) is 1.80. The molecule has 0 bridgehead atoms. The van der Waals surface area contributed by atoms with Gasteiger partial charge in [-0.2, -0.15) is 0 Å². The Bertz CT molecular complexity index is 821. The summed E-state index contributed by atoms with van der Waals surface area (Å²) in [6, 6.07) is 15.1. The second-order valence-corrected chi connectivity index (χ2v) is 6.46. The predicted octanol–water partition coefficient (Wildman–Crippen LogP) is 2.42. The third-order valence-electron chi connectivity index (χ3n) is 4.75. The van der Waals surface area contributed by atoms with Crippen molar-refractivity contribution >= 4 is 17.5 Å².